The third kappa shape index (κ3) is 3.50. The fraction of sp³-hybridized carbons (Fsp3) is 0.167. The molecule has 0 aromatic heterocycles. The Balaban J connectivity index is 1.84. The van der Waals surface area contributed by atoms with E-state index < -0.39 is 0 Å². The van der Waals surface area contributed by atoms with E-state index in [0.29, 0.717) is 39.4 Å². The van der Waals surface area contributed by atoms with Gasteiger partial charge in [0.15, 0.2) is 11.5 Å². The Morgan fingerprint density at radius 1 is 1.29 bits per heavy atom. The molecule has 6 heteroatoms. The number of ether oxygens (including phenoxy) is 2. The molecule has 124 valence electrons. The van der Waals surface area contributed by atoms with Gasteiger partial charge in [0.2, 0.25) is 0 Å². The van der Waals surface area contributed by atoms with E-state index in [-0.39, 0.29) is 12.5 Å². The molecule has 1 N–H and O–H groups in total. The molecular formula is C18H15Cl2NO3. The summed E-state index contributed by atoms with van der Waals surface area (Å²) in [5.41, 5.74) is 1.76. The van der Waals surface area contributed by atoms with Gasteiger partial charge in [-0.2, -0.15) is 0 Å². The van der Waals surface area contributed by atoms with Crippen molar-refractivity contribution in [1.29, 1.82) is 0 Å². The summed E-state index contributed by atoms with van der Waals surface area (Å²) < 4.78 is 11.3. The van der Waals surface area contributed by atoms with Gasteiger partial charge in [0.1, 0.15) is 6.61 Å². The molecule has 0 radical (unpaired) electrons. The highest BCUT2D eigenvalue weighted by atomic mass is 35.5. The zero-order valence-electron chi connectivity index (χ0n) is 12.9. The summed E-state index contributed by atoms with van der Waals surface area (Å²) in [4.78, 5) is 12.5. The maximum atomic E-state index is 12.5. The molecule has 1 aliphatic rings. The Hall–Kier alpha value is -2.17. The normalized spacial score (nSPS) is 12.7. The van der Waals surface area contributed by atoms with Crippen LogP contribution in [0.1, 0.15) is 12.5 Å². The Morgan fingerprint density at radius 2 is 2.12 bits per heavy atom. The SMILES string of the molecule is CCOc1cccc2c1OCC(C(=O)Nc1cc(Cl)ccc1Cl)=C2. The van der Waals surface area contributed by atoms with Gasteiger partial charge in [-0.05, 0) is 37.3 Å². The summed E-state index contributed by atoms with van der Waals surface area (Å²) in [5, 5.41) is 3.67. The van der Waals surface area contributed by atoms with Crippen LogP contribution in [0.3, 0.4) is 0 Å². The molecule has 1 aliphatic heterocycles. The number of para-hydroxylation sites is 1. The number of hydrogen-bond donors (Lipinski definition) is 1. The minimum atomic E-state index is -0.286. The van der Waals surface area contributed by atoms with Crippen molar-refractivity contribution in [2.75, 3.05) is 18.5 Å². The lowest BCUT2D eigenvalue weighted by molar-refractivity contribution is -0.113. The fourth-order valence-electron chi connectivity index (χ4n) is 2.38. The van der Waals surface area contributed by atoms with Gasteiger partial charge in [-0.15, -0.1) is 0 Å². The zero-order chi connectivity index (χ0) is 17.1. The molecular weight excluding hydrogens is 349 g/mol. The molecule has 2 aromatic carbocycles. The highest BCUT2D eigenvalue weighted by Crippen LogP contribution is 2.36. The summed E-state index contributed by atoms with van der Waals surface area (Å²) >= 11 is 12.0. The second-order valence-electron chi connectivity index (χ2n) is 5.14. The van der Waals surface area contributed by atoms with Crippen LogP contribution in [0.2, 0.25) is 10.0 Å². The first-order chi connectivity index (χ1) is 11.6. The average molecular weight is 364 g/mol. The third-order valence-electron chi connectivity index (χ3n) is 3.48. The third-order valence-corrected chi connectivity index (χ3v) is 4.04. The van der Waals surface area contributed by atoms with E-state index in [4.69, 9.17) is 32.7 Å². The molecule has 1 heterocycles. The van der Waals surface area contributed by atoms with E-state index in [1.807, 2.05) is 25.1 Å². The van der Waals surface area contributed by atoms with Gasteiger partial charge >= 0.3 is 0 Å². The van der Waals surface area contributed by atoms with E-state index in [1.165, 1.54) is 0 Å². The number of carbonyl (C=O) groups excluding carboxylic acids is 1. The van der Waals surface area contributed by atoms with Crippen molar-refractivity contribution < 1.29 is 14.3 Å². The standard InChI is InChI=1S/C18H15Cl2NO3/c1-2-23-16-5-3-4-11-8-12(10-24-17(11)16)18(22)21-15-9-13(19)6-7-14(15)20/h3-9H,2,10H2,1H3,(H,21,22). The molecule has 4 nitrogen and oxygen atoms in total. The van der Waals surface area contributed by atoms with Gasteiger partial charge in [0.05, 0.1) is 22.9 Å². The monoisotopic (exact) mass is 363 g/mol. The van der Waals surface area contributed by atoms with Crippen LogP contribution in [0.25, 0.3) is 6.08 Å². The molecule has 0 fully saturated rings. The smallest absolute Gasteiger partial charge is 0.255 e. The van der Waals surface area contributed by atoms with Crippen molar-refractivity contribution in [3.8, 4) is 11.5 Å². The lowest BCUT2D eigenvalue weighted by Gasteiger charge is -2.20. The molecule has 0 atom stereocenters. The van der Waals surface area contributed by atoms with Crippen LogP contribution < -0.4 is 14.8 Å². The van der Waals surface area contributed by atoms with E-state index in [1.54, 1.807) is 24.3 Å². The van der Waals surface area contributed by atoms with Crippen molar-refractivity contribution in [2.45, 2.75) is 6.92 Å². The van der Waals surface area contributed by atoms with E-state index in [2.05, 4.69) is 5.32 Å². The first-order valence-electron chi connectivity index (χ1n) is 7.44. The van der Waals surface area contributed by atoms with Gasteiger partial charge in [-0.25, -0.2) is 0 Å². The van der Waals surface area contributed by atoms with Crippen molar-refractivity contribution >= 4 is 40.9 Å². The van der Waals surface area contributed by atoms with Gasteiger partial charge in [-0.1, -0.05) is 35.3 Å². The van der Waals surface area contributed by atoms with Crippen molar-refractivity contribution in [3.63, 3.8) is 0 Å². The van der Waals surface area contributed by atoms with E-state index in [9.17, 15) is 4.79 Å². The van der Waals surface area contributed by atoms with Crippen LogP contribution in [0.15, 0.2) is 42.0 Å². The van der Waals surface area contributed by atoms with Crippen LogP contribution in [-0.2, 0) is 4.79 Å². The molecule has 0 bridgehead atoms. The number of rotatable bonds is 4. The Kier molecular flexibility index (Phi) is 4.97. The second kappa shape index (κ2) is 7.16. The first-order valence-corrected chi connectivity index (χ1v) is 8.19. The maximum absolute atomic E-state index is 12.5. The topological polar surface area (TPSA) is 47.6 Å². The quantitative estimate of drug-likeness (QED) is 0.847. The summed E-state index contributed by atoms with van der Waals surface area (Å²) in [5.74, 6) is 1.03. The molecule has 0 spiro atoms. The van der Waals surface area contributed by atoms with Crippen LogP contribution in [-0.4, -0.2) is 19.1 Å². The van der Waals surface area contributed by atoms with E-state index in [0.717, 1.165) is 5.56 Å². The highest BCUT2D eigenvalue weighted by Gasteiger charge is 2.20. The molecule has 3 rings (SSSR count). The molecule has 0 aliphatic carbocycles. The number of carbonyl (C=O) groups is 1. The van der Waals surface area contributed by atoms with Crippen molar-refractivity contribution in [2.24, 2.45) is 0 Å². The minimum absolute atomic E-state index is 0.154. The number of amides is 1. The predicted octanol–water partition coefficient (Wildman–Crippen LogP) is 4.81. The number of nitrogens with one attached hydrogen (secondary N) is 1. The highest BCUT2D eigenvalue weighted by molar-refractivity contribution is 6.36. The summed E-state index contributed by atoms with van der Waals surface area (Å²) in [6.07, 6.45) is 1.79. The molecule has 0 unspecified atom stereocenters. The summed E-state index contributed by atoms with van der Waals surface area (Å²) in [6.45, 7) is 2.61. The summed E-state index contributed by atoms with van der Waals surface area (Å²) in [6, 6.07) is 10.5. The number of benzene rings is 2. The maximum Gasteiger partial charge on any atom is 0.255 e. The van der Waals surface area contributed by atoms with Crippen molar-refractivity contribution in [3.05, 3.63) is 57.6 Å². The fourth-order valence-corrected chi connectivity index (χ4v) is 2.71. The second-order valence-corrected chi connectivity index (χ2v) is 5.99. The van der Waals surface area contributed by atoms with Gasteiger partial charge in [0.25, 0.3) is 5.91 Å². The molecule has 0 saturated heterocycles. The first kappa shape index (κ1) is 16.7. The molecule has 24 heavy (non-hydrogen) atoms. The van der Waals surface area contributed by atoms with Gasteiger partial charge in [-0.3, -0.25) is 4.79 Å². The lowest BCUT2D eigenvalue weighted by Crippen LogP contribution is -2.21. The Morgan fingerprint density at radius 3 is 2.92 bits per heavy atom. The van der Waals surface area contributed by atoms with Crippen LogP contribution in [0.5, 0.6) is 11.5 Å². The summed E-state index contributed by atoms with van der Waals surface area (Å²) in [7, 11) is 0. The van der Waals surface area contributed by atoms with E-state index >= 15 is 0 Å². The van der Waals surface area contributed by atoms with Gasteiger partial charge in [0, 0.05) is 10.6 Å². The minimum Gasteiger partial charge on any atom is -0.490 e. The van der Waals surface area contributed by atoms with Crippen molar-refractivity contribution in [1.82, 2.24) is 0 Å². The van der Waals surface area contributed by atoms with Crippen LogP contribution in [0, 0.1) is 0 Å². The molecule has 1 amide bonds. The molecule has 0 saturated carbocycles. The number of hydrogen-bond acceptors (Lipinski definition) is 3. The van der Waals surface area contributed by atoms with Gasteiger partial charge < -0.3 is 14.8 Å². The van der Waals surface area contributed by atoms with Crippen LogP contribution in [0.4, 0.5) is 5.69 Å². The van der Waals surface area contributed by atoms with Crippen LogP contribution >= 0.6 is 23.2 Å². The number of fused-ring (bicyclic) bond motifs is 1. The lowest BCUT2D eigenvalue weighted by atomic mass is 10.1. The number of anilines is 1. The Labute approximate surface area is 150 Å². The average Bonchev–Trinajstić information content (AvgIpc) is 2.58. The largest absolute Gasteiger partial charge is 0.490 e. The zero-order valence-corrected chi connectivity index (χ0v) is 14.4. The molecule has 2 aromatic rings. The Bertz CT molecular complexity index is 818. The predicted molar refractivity (Wildman–Crippen MR) is 96.2 cm³/mol. The number of halogens is 2.